The summed E-state index contributed by atoms with van der Waals surface area (Å²) in [4.78, 5) is 1.11. The Balaban J connectivity index is 0.000000262. The van der Waals surface area contributed by atoms with Crippen LogP contribution in [0, 0.1) is 36.0 Å². The van der Waals surface area contributed by atoms with E-state index in [0.717, 1.165) is 5.56 Å². The van der Waals surface area contributed by atoms with Gasteiger partial charge in [0.05, 0.1) is 23.0 Å². The molecule has 0 atom stereocenters. The maximum absolute atomic E-state index is 13.4. The molecule has 1 aliphatic rings. The monoisotopic (exact) mass is 485 g/mol. The molecule has 1 N–H and O–H groups in total. The largest absolute Gasteiger partial charge is 0.379 e. The lowest BCUT2D eigenvalue weighted by molar-refractivity contribution is 0.0410. The fraction of sp³-hybridized carbons (Fsp3) is 0.368. The average Bonchev–Trinajstić information content (AvgIpc) is 2.74. The molecule has 0 amide bonds. The highest BCUT2D eigenvalue weighted by molar-refractivity contribution is 7.99. The summed E-state index contributed by atoms with van der Waals surface area (Å²) in [6, 6.07) is 5.99. The van der Waals surface area contributed by atoms with Crippen molar-refractivity contribution < 1.29 is 39.7 Å². The first-order valence-corrected chi connectivity index (χ1v) is 11.4. The van der Waals surface area contributed by atoms with Crippen LogP contribution in [0.4, 0.5) is 22.0 Å². The van der Waals surface area contributed by atoms with Crippen LogP contribution in [0.5, 0.6) is 0 Å². The minimum Gasteiger partial charge on any atom is -0.379 e. The van der Waals surface area contributed by atoms with E-state index in [0.29, 0.717) is 44.6 Å². The van der Waals surface area contributed by atoms with E-state index in [2.05, 4.69) is 0 Å². The zero-order valence-electron chi connectivity index (χ0n) is 16.4. The fourth-order valence-electron chi connectivity index (χ4n) is 2.52. The van der Waals surface area contributed by atoms with Crippen molar-refractivity contribution in [1.82, 2.24) is 4.90 Å². The van der Waals surface area contributed by atoms with E-state index in [4.69, 9.17) is 9.29 Å². The van der Waals surface area contributed by atoms with Crippen molar-refractivity contribution in [2.24, 2.45) is 0 Å². The molecule has 0 radical (unpaired) electrons. The van der Waals surface area contributed by atoms with Crippen molar-refractivity contribution >= 4 is 21.9 Å². The Labute approximate surface area is 180 Å². The van der Waals surface area contributed by atoms with Crippen LogP contribution in [0.1, 0.15) is 5.56 Å². The van der Waals surface area contributed by atoms with Gasteiger partial charge in [-0.05, 0) is 19.1 Å². The topological polar surface area (TPSA) is 66.8 Å². The van der Waals surface area contributed by atoms with Crippen molar-refractivity contribution in [2.45, 2.75) is 16.7 Å². The molecule has 0 bridgehead atoms. The molecule has 0 unspecified atom stereocenters. The zero-order chi connectivity index (χ0) is 23.2. The molecule has 12 heteroatoms. The Morgan fingerprint density at radius 2 is 1.42 bits per heavy atom. The molecule has 172 valence electrons. The lowest BCUT2D eigenvalue weighted by atomic mass is 10.2. The quantitative estimate of drug-likeness (QED) is 0.227. The van der Waals surface area contributed by atoms with E-state index in [1.54, 1.807) is 12.1 Å². The number of halogens is 5. The Hall–Kier alpha value is -1.73. The summed E-state index contributed by atoms with van der Waals surface area (Å²) >= 11 is 0.625. The van der Waals surface area contributed by atoms with Gasteiger partial charge in [0.15, 0.2) is 23.3 Å². The second kappa shape index (κ2) is 11.2. The van der Waals surface area contributed by atoms with Gasteiger partial charge in [-0.1, -0.05) is 17.7 Å². The van der Waals surface area contributed by atoms with Crippen LogP contribution in [0.15, 0.2) is 34.1 Å². The van der Waals surface area contributed by atoms with Gasteiger partial charge in [-0.15, -0.1) is 11.8 Å². The van der Waals surface area contributed by atoms with Crippen LogP contribution in [0.25, 0.3) is 0 Å². The molecule has 31 heavy (non-hydrogen) atoms. The molecule has 1 fully saturated rings. The first-order chi connectivity index (χ1) is 14.5. The molecule has 2 aromatic rings. The minimum absolute atomic E-state index is 0.0666. The minimum atomic E-state index is -4.02. The van der Waals surface area contributed by atoms with E-state index >= 15 is 0 Å². The van der Waals surface area contributed by atoms with E-state index in [9.17, 15) is 30.4 Å². The number of hydrogen-bond acceptors (Lipinski definition) is 5. The maximum atomic E-state index is 13.4. The molecule has 2 aromatic carbocycles. The van der Waals surface area contributed by atoms with Gasteiger partial charge in [0, 0.05) is 25.4 Å². The number of benzene rings is 2. The van der Waals surface area contributed by atoms with Crippen molar-refractivity contribution in [1.29, 1.82) is 0 Å². The Bertz CT molecular complexity index is 968. The van der Waals surface area contributed by atoms with Crippen LogP contribution < -0.4 is 0 Å². The van der Waals surface area contributed by atoms with Crippen LogP contribution in [0.3, 0.4) is 0 Å². The summed E-state index contributed by atoms with van der Waals surface area (Å²) in [6.45, 7) is 4.87. The van der Waals surface area contributed by atoms with Crippen LogP contribution in [-0.4, -0.2) is 56.5 Å². The fourth-order valence-corrected chi connectivity index (χ4v) is 3.99. The molecule has 0 saturated carbocycles. The maximum Gasteiger partial charge on any atom is 0.294 e. The van der Waals surface area contributed by atoms with E-state index < -0.39 is 44.1 Å². The Morgan fingerprint density at radius 1 is 0.935 bits per heavy atom. The summed E-state index contributed by atoms with van der Waals surface area (Å²) in [5.74, 6) is -9.24. The van der Waals surface area contributed by atoms with Crippen LogP contribution in [-0.2, 0) is 14.9 Å². The lowest BCUT2D eigenvalue weighted by Gasteiger charge is -2.26. The predicted octanol–water partition coefficient (Wildman–Crippen LogP) is 4.05. The molecular weight excluding hydrogens is 465 g/mol. The average molecular weight is 485 g/mol. The molecule has 0 aromatic heterocycles. The van der Waals surface area contributed by atoms with Crippen LogP contribution >= 0.6 is 11.8 Å². The first kappa shape index (κ1) is 25.5. The van der Waals surface area contributed by atoms with Gasteiger partial charge in [0.1, 0.15) is 0 Å². The summed E-state index contributed by atoms with van der Waals surface area (Å²) in [7, 11) is -4.02. The molecule has 1 heterocycles. The second-order valence-corrected chi connectivity index (χ2v) is 9.02. The van der Waals surface area contributed by atoms with Crippen molar-refractivity contribution in [2.75, 3.05) is 38.6 Å². The standard InChI is InChI=1S/C12H12F5NOS.C7H8O3S/c13-7-8(14)10(16)12(11(17)9(7)15)20-6-3-18-1-4-19-5-2-18;1-6-2-4-7(5-3-6)11(8,9)10/h1-6H2;2-5H,1H3,(H,8,9,10). The SMILES string of the molecule is Cc1ccc(S(=O)(=O)O)cc1.Fc1c(F)c(F)c(SCCN2CCOCC2)c(F)c1F. The highest BCUT2D eigenvalue weighted by Gasteiger charge is 2.26. The normalized spacial score (nSPS) is 14.8. The summed E-state index contributed by atoms with van der Waals surface area (Å²) in [5.41, 5.74) is 0.956. The molecule has 3 rings (SSSR count). The van der Waals surface area contributed by atoms with Crippen molar-refractivity contribution in [3.05, 3.63) is 58.9 Å². The van der Waals surface area contributed by atoms with Crippen LogP contribution in [0.2, 0.25) is 0 Å². The third-order valence-corrected chi connectivity index (χ3v) is 6.15. The highest BCUT2D eigenvalue weighted by atomic mass is 32.2. The van der Waals surface area contributed by atoms with E-state index in [1.165, 1.54) is 12.1 Å². The number of hydrogen-bond donors (Lipinski definition) is 1. The summed E-state index contributed by atoms with van der Waals surface area (Å²) in [5, 5.41) is 0. The van der Waals surface area contributed by atoms with Gasteiger partial charge in [-0.25, -0.2) is 22.0 Å². The number of aryl methyl sites for hydroxylation is 1. The molecule has 5 nitrogen and oxygen atoms in total. The molecule has 0 spiro atoms. The molecular formula is C19H20F5NO4S2. The molecule has 1 aliphatic heterocycles. The summed E-state index contributed by atoms with van der Waals surface area (Å²) in [6.07, 6.45) is 0. The number of nitrogens with zero attached hydrogens (tertiary/aromatic N) is 1. The number of ether oxygens (including phenoxy) is 1. The molecule has 1 saturated heterocycles. The zero-order valence-corrected chi connectivity index (χ0v) is 18.0. The van der Waals surface area contributed by atoms with Gasteiger partial charge in [-0.3, -0.25) is 9.45 Å². The third-order valence-electron chi connectivity index (χ3n) is 4.25. The number of rotatable bonds is 5. The van der Waals surface area contributed by atoms with Crippen molar-refractivity contribution in [3.63, 3.8) is 0 Å². The van der Waals surface area contributed by atoms with Gasteiger partial charge in [-0.2, -0.15) is 8.42 Å². The smallest absolute Gasteiger partial charge is 0.294 e. The van der Waals surface area contributed by atoms with Gasteiger partial charge < -0.3 is 4.74 Å². The van der Waals surface area contributed by atoms with Crippen molar-refractivity contribution in [3.8, 4) is 0 Å². The van der Waals surface area contributed by atoms with E-state index in [-0.39, 0.29) is 10.6 Å². The number of thioether (sulfide) groups is 1. The highest BCUT2D eigenvalue weighted by Crippen LogP contribution is 2.30. The second-order valence-electron chi connectivity index (χ2n) is 6.49. The predicted molar refractivity (Wildman–Crippen MR) is 105 cm³/mol. The Kier molecular flexibility index (Phi) is 9.25. The first-order valence-electron chi connectivity index (χ1n) is 9.01. The number of morpholine rings is 1. The third kappa shape index (κ3) is 7.14. The van der Waals surface area contributed by atoms with Gasteiger partial charge in [0.2, 0.25) is 5.82 Å². The van der Waals surface area contributed by atoms with Gasteiger partial charge in [0.25, 0.3) is 10.1 Å². The molecule has 0 aliphatic carbocycles. The Morgan fingerprint density at radius 3 is 1.90 bits per heavy atom. The van der Waals surface area contributed by atoms with E-state index in [1.807, 2.05) is 11.8 Å². The lowest BCUT2D eigenvalue weighted by Crippen LogP contribution is -2.37. The summed E-state index contributed by atoms with van der Waals surface area (Å²) < 4.78 is 100. The van der Waals surface area contributed by atoms with Gasteiger partial charge >= 0.3 is 0 Å².